The van der Waals surface area contributed by atoms with Gasteiger partial charge in [-0.2, -0.15) is 0 Å². The van der Waals surface area contributed by atoms with Crippen molar-refractivity contribution in [1.82, 2.24) is 4.90 Å². The molecule has 1 unspecified atom stereocenters. The Labute approximate surface area is 73.9 Å². The van der Waals surface area contributed by atoms with Crippen LogP contribution in [0, 0.1) is 0 Å². The number of amides is 1. The summed E-state index contributed by atoms with van der Waals surface area (Å²) in [6.45, 7) is 3.79. The molecule has 0 saturated carbocycles. The maximum Gasteiger partial charge on any atom is 0.222 e. The zero-order chi connectivity index (χ0) is 8.97. The van der Waals surface area contributed by atoms with Crippen LogP contribution in [0.15, 0.2) is 0 Å². The van der Waals surface area contributed by atoms with Crippen LogP contribution in [0.3, 0.4) is 0 Å². The SMILES string of the molecule is CCCCN1CC(N)CCC1=O. The van der Waals surface area contributed by atoms with Crippen LogP contribution in [0.1, 0.15) is 32.6 Å². The molecule has 3 nitrogen and oxygen atoms in total. The molecule has 0 radical (unpaired) electrons. The van der Waals surface area contributed by atoms with E-state index < -0.39 is 0 Å². The van der Waals surface area contributed by atoms with E-state index in [9.17, 15) is 4.79 Å². The lowest BCUT2D eigenvalue weighted by Crippen LogP contribution is -2.46. The topological polar surface area (TPSA) is 46.3 Å². The van der Waals surface area contributed by atoms with E-state index in [1.165, 1.54) is 0 Å². The predicted molar refractivity (Wildman–Crippen MR) is 48.7 cm³/mol. The number of carbonyl (C=O) groups excluding carboxylic acids is 1. The fraction of sp³-hybridized carbons (Fsp3) is 0.889. The van der Waals surface area contributed by atoms with Gasteiger partial charge in [0.1, 0.15) is 0 Å². The molecule has 12 heavy (non-hydrogen) atoms. The van der Waals surface area contributed by atoms with E-state index in [4.69, 9.17) is 5.73 Å². The van der Waals surface area contributed by atoms with E-state index in [2.05, 4.69) is 6.92 Å². The number of hydrogen-bond acceptors (Lipinski definition) is 2. The molecule has 1 aliphatic rings. The molecule has 1 amide bonds. The molecule has 1 fully saturated rings. The van der Waals surface area contributed by atoms with E-state index in [-0.39, 0.29) is 11.9 Å². The summed E-state index contributed by atoms with van der Waals surface area (Å²) in [5.41, 5.74) is 5.77. The Kier molecular flexibility index (Phi) is 3.53. The number of piperidine rings is 1. The highest BCUT2D eigenvalue weighted by molar-refractivity contribution is 5.77. The van der Waals surface area contributed by atoms with Gasteiger partial charge in [0, 0.05) is 25.6 Å². The Morgan fingerprint density at radius 1 is 1.67 bits per heavy atom. The molecule has 1 atom stereocenters. The molecule has 0 bridgehead atoms. The van der Waals surface area contributed by atoms with Crippen LogP contribution in [0.25, 0.3) is 0 Å². The fourth-order valence-electron chi connectivity index (χ4n) is 1.51. The van der Waals surface area contributed by atoms with E-state index in [1.54, 1.807) is 0 Å². The van der Waals surface area contributed by atoms with Crippen LogP contribution in [-0.4, -0.2) is 29.9 Å². The van der Waals surface area contributed by atoms with Crippen LogP contribution in [0.5, 0.6) is 0 Å². The summed E-state index contributed by atoms with van der Waals surface area (Å²) in [5.74, 6) is 0.283. The van der Waals surface area contributed by atoms with Gasteiger partial charge in [0.25, 0.3) is 0 Å². The first-order valence-electron chi connectivity index (χ1n) is 4.77. The largest absolute Gasteiger partial charge is 0.341 e. The third kappa shape index (κ3) is 2.48. The molecular formula is C9H18N2O. The van der Waals surface area contributed by atoms with Crippen LogP contribution < -0.4 is 5.73 Å². The van der Waals surface area contributed by atoms with Crippen molar-refractivity contribution in [1.29, 1.82) is 0 Å². The summed E-state index contributed by atoms with van der Waals surface area (Å²) in [6.07, 6.45) is 3.74. The molecule has 1 aliphatic heterocycles. The molecule has 0 aromatic rings. The molecule has 2 N–H and O–H groups in total. The zero-order valence-corrected chi connectivity index (χ0v) is 7.75. The second-order valence-corrected chi connectivity index (χ2v) is 3.49. The van der Waals surface area contributed by atoms with Gasteiger partial charge in [-0.25, -0.2) is 0 Å². The van der Waals surface area contributed by atoms with Crippen molar-refractivity contribution in [2.75, 3.05) is 13.1 Å². The highest BCUT2D eigenvalue weighted by Crippen LogP contribution is 2.10. The minimum Gasteiger partial charge on any atom is -0.341 e. The van der Waals surface area contributed by atoms with Crippen molar-refractivity contribution in [2.45, 2.75) is 38.6 Å². The molecule has 0 spiro atoms. The highest BCUT2D eigenvalue weighted by atomic mass is 16.2. The average molecular weight is 170 g/mol. The first-order valence-corrected chi connectivity index (χ1v) is 4.77. The molecule has 3 heteroatoms. The molecule has 0 aliphatic carbocycles. The van der Waals surface area contributed by atoms with Gasteiger partial charge in [-0.15, -0.1) is 0 Å². The Balaban J connectivity index is 2.33. The maximum atomic E-state index is 11.3. The Morgan fingerprint density at radius 3 is 3.08 bits per heavy atom. The lowest BCUT2D eigenvalue weighted by atomic mass is 10.1. The number of rotatable bonds is 3. The minimum absolute atomic E-state index is 0.208. The van der Waals surface area contributed by atoms with E-state index >= 15 is 0 Å². The molecular weight excluding hydrogens is 152 g/mol. The Bertz CT molecular complexity index is 159. The van der Waals surface area contributed by atoms with Crippen molar-refractivity contribution in [3.05, 3.63) is 0 Å². The number of carbonyl (C=O) groups is 1. The molecule has 70 valence electrons. The summed E-state index contributed by atoms with van der Waals surface area (Å²) >= 11 is 0. The third-order valence-corrected chi connectivity index (χ3v) is 2.32. The van der Waals surface area contributed by atoms with Crippen molar-refractivity contribution in [3.8, 4) is 0 Å². The second-order valence-electron chi connectivity index (χ2n) is 3.49. The van der Waals surface area contributed by atoms with E-state index in [0.29, 0.717) is 6.42 Å². The van der Waals surface area contributed by atoms with Gasteiger partial charge in [0.2, 0.25) is 5.91 Å². The predicted octanol–water partition coefficient (Wildman–Crippen LogP) is 0.736. The Hall–Kier alpha value is -0.570. The molecule has 0 aromatic heterocycles. The zero-order valence-electron chi connectivity index (χ0n) is 7.75. The van der Waals surface area contributed by atoms with Gasteiger partial charge >= 0.3 is 0 Å². The van der Waals surface area contributed by atoms with Gasteiger partial charge < -0.3 is 10.6 Å². The molecule has 1 heterocycles. The van der Waals surface area contributed by atoms with E-state index in [1.807, 2.05) is 4.90 Å². The summed E-state index contributed by atoms with van der Waals surface area (Å²) < 4.78 is 0. The average Bonchev–Trinajstić information content (AvgIpc) is 2.07. The summed E-state index contributed by atoms with van der Waals surface area (Å²) in [4.78, 5) is 13.2. The number of nitrogens with zero attached hydrogens (tertiary/aromatic N) is 1. The van der Waals surface area contributed by atoms with E-state index in [0.717, 1.165) is 32.4 Å². The maximum absolute atomic E-state index is 11.3. The van der Waals surface area contributed by atoms with Crippen molar-refractivity contribution in [2.24, 2.45) is 5.73 Å². The number of unbranched alkanes of at least 4 members (excludes halogenated alkanes) is 1. The summed E-state index contributed by atoms with van der Waals surface area (Å²) in [7, 11) is 0. The third-order valence-electron chi connectivity index (χ3n) is 2.32. The number of hydrogen-bond donors (Lipinski definition) is 1. The van der Waals surface area contributed by atoms with Gasteiger partial charge in [0.05, 0.1) is 0 Å². The number of likely N-dealkylation sites (tertiary alicyclic amines) is 1. The minimum atomic E-state index is 0.208. The van der Waals surface area contributed by atoms with Crippen LogP contribution in [0.4, 0.5) is 0 Å². The first-order chi connectivity index (χ1) is 5.74. The lowest BCUT2D eigenvalue weighted by molar-refractivity contribution is -0.133. The van der Waals surface area contributed by atoms with Crippen molar-refractivity contribution >= 4 is 5.91 Å². The monoisotopic (exact) mass is 170 g/mol. The van der Waals surface area contributed by atoms with Crippen LogP contribution in [-0.2, 0) is 4.79 Å². The smallest absolute Gasteiger partial charge is 0.222 e. The summed E-state index contributed by atoms with van der Waals surface area (Å²) in [5, 5.41) is 0. The Morgan fingerprint density at radius 2 is 2.42 bits per heavy atom. The molecule has 1 rings (SSSR count). The number of nitrogens with two attached hydrogens (primary N) is 1. The van der Waals surface area contributed by atoms with Crippen LogP contribution >= 0.6 is 0 Å². The highest BCUT2D eigenvalue weighted by Gasteiger charge is 2.21. The molecule has 1 saturated heterocycles. The van der Waals surface area contributed by atoms with Crippen LogP contribution in [0.2, 0.25) is 0 Å². The van der Waals surface area contributed by atoms with Gasteiger partial charge in [-0.3, -0.25) is 4.79 Å². The van der Waals surface area contributed by atoms with Gasteiger partial charge in [0.15, 0.2) is 0 Å². The first kappa shape index (κ1) is 9.52. The quantitative estimate of drug-likeness (QED) is 0.679. The van der Waals surface area contributed by atoms with Crippen molar-refractivity contribution in [3.63, 3.8) is 0 Å². The lowest BCUT2D eigenvalue weighted by Gasteiger charge is -2.30. The summed E-state index contributed by atoms with van der Waals surface area (Å²) in [6, 6.07) is 0.208. The second kappa shape index (κ2) is 4.45. The van der Waals surface area contributed by atoms with Gasteiger partial charge in [-0.05, 0) is 12.8 Å². The normalized spacial score (nSPS) is 24.7. The fourth-order valence-corrected chi connectivity index (χ4v) is 1.51. The standard InChI is InChI=1S/C9H18N2O/c1-2-3-6-11-7-8(10)4-5-9(11)12/h8H,2-7,10H2,1H3. The molecule has 0 aromatic carbocycles. The van der Waals surface area contributed by atoms with Gasteiger partial charge in [-0.1, -0.05) is 13.3 Å². The van der Waals surface area contributed by atoms with Crippen molar-refractivity contribution < 1.29 is 4.79 Å².